The number of hydrogen-bond acceptors (Lipinski definition) is 5. The number of ether oxygens (including phenoxy) is 2. The molecule has 0 radical (unpaired) electrons. The zero-order valence-electron chi connectivity index (χ0n) is 18.5. The Kier molecular flexibility index (Phi) is 7.84. The first-order valence-electron chi connectivity index (χ1n) is 10.4. The predicted molar refractivity (Wildman–Crippen MR) is 129 cm³/mol. The minimum atomic E-state index is -0.564. The lowest BCUT2D eigenvalue weighted by molar-refractivity contribution is -0.142. The molecule has 6 heteroatoms. The second-order valence-corrected chi connectivity index (χ2v) is 8.87. The Hall–Kier alpha value is -3.38. The summed E-state index contributed by atoms with van der Waals surface area (Å²) in [4.78, 5) is 24.7. The predicted octanol–water partition coefficient (Wildman–Crippen LogP) is 6.42. The second kappa shape index (κ2) is 10.8. The molecule has 1 amide bonds. The van der Waals surface area contributed by atoms with Crippen LogP contribution in [0.15, 0.2) is 72.1 Å². The summed E-state index contributed by atoms with van der Waals surface area (Å²) in [5, 5.41) is 4.61. The van der Waals surface area contributed by atoms with Crippen LogP contribution in [0.5, 0.6) is 11.5 Å². The molecule has 1 heterocycles. The van der Waals surface area contributed by atoms with E-state index in [1.807, 2.05) is 29.6 Å². The molecule has 0 bridgehead atoms. The highest BCUT2D eigenvalue weighted by Gasteiger charge is 2.17. The minimum Gasteiger partial charge on any atom is -0.457 e. The van der Waals surface area contributed by atoms with Crippen LogP contribution < -0.4 is 10.1 Å². The van der Waals surface area contributed by atoms with Crippen molar-refractivity contribution in [2.75, 3.05) is 11.9 Å². The summed E-state index contributed by atoms with van der Waals surface area (Å²) in [6.45, 7) is 6.27. The number of carbonyl (C=O) groups is 2. The molecule has 1 aromatic heterocycles. The van der Waals surface area contributed by atoms with E-state index in [4.69, 9.17) is 9.47 Å². The van der Waals surface area contributed by atoms with Gasteiger partial charge in [-0.15, -0.1) is 11.3 Å². The molecule has 0 atom stereocenters. The quantitative estimate of drug-likeness (QED) is 0.302. The molecule has 0 fully saturated rings. The largest absolute Gasteiger partial charge is 0.457 e. The van der Waals surface area contributed by atoms with Gasteiger partial charge in [0.05, 0.1) is 0 Å². The van der Waals surface area contributed by atoms with Crippen molar-refractivity contribution in [3.05, 3.63) is 82.6 Å². The lowest BCUT2D eigenvalue weighted by Crippen LogP contribution is -2.20. The van der Waals surface area contributed by atoms with Gasteiger partial charge in [-0.1, -0.05) is 39.0 Å². The SMILES string of the molecule is CCC(C)(C)c1ccc(Oc2ccc(NC(=O)COC(=O)C=Cc3cccs3)cc2)cc1. The number of amides is 1. The molecule has 32 heavy (non-hydrogen) atoms. The Labute approximate surface area is 192 Å². The fourth-order valence-corrected chi connectivity index (χ4v) is 3.46. The Morgan fingerprint density at radius 1 is 1.00 bits per heavy atom. The van der Waals surface area contributed by atoms with Gasteiger partial charge in [-0.2, -0.15) is 0 Å². The number of thiophene rings is 1. The Bertz CT molecular complexity index is 1050. The fourth-order valence-electron chi connectivity index (χ4n) is 2.84. The maximum atomic E-state index is 12.0. The second-order valence-electron chi connectivity index (χ2n) is 7.89. The van der Waals surface area contributed by atoms with E-state index in [2.05, 4.69) is 38.2 Å². The number of carbonyl (C=O) groups excluding carboxylic acids is 2. The first kappa shape index (κ1) is 23.3. The molecule has 0 aliphatic carbocycles. The van der Waals surface area contributed by atoms with Crippen LogP contribution in [0.25, 0.3) is 6.08 Å². The number of rotatable bonds is 9. The van der Waals surface area contributed by atoms with Gasteiger partial charge in [-0.25, -0.2) is 4.79 Å². The number of esters is 1. The summed E-state index contributed by atoms with van der Waals surface area (Å²) in [5.74, 6) is 0.437. The van der Waals surface area contributed by atoms with Crippen LogP contribution in [0.3, 0.4) is 0 Å². The third kappa shape index (κ3) is 6.82. The van der Waals surface area contributed by atoms with Crippen molar-refractivity contribution in [2.45, 2.75) is 32.6 Å². The van der Waals surface area contributed by atoms with Gasteiger partial charge in [0.1, 0.15) is 11.5 Å². The smallest absolute Gasteiger partial charge is 0.331 e. The Morgan fingerprint density at radius 2 is 1.66 bits per heavy atom. The molecule has 0 spiro atoms. The number of hydrogen-bond donors (Lipinski definition) is 1. The molecule has 2 aromatic carbocycles. The topological polar surface area (TPSA) is 64.6 Å². The van der Waals surface area contributed by atoms with Crippen molar-refractivity contribution in [1.29, 1.82) is 0 Å². The maximum Gasteiger partial charge on any atom is 0.331 e. The van der Waals surface area contributed by atoms with E-state index in [-0.39, 0.29) is 12.0 Å². The molecular weight excluding hydrogens is 422 g/mol. The number of nitrogens with one attached hydrogen (secondary N) is 1. The molecule has 5 nitrogen and oxygen atoms in total. The van der Waals surface area contributed by atoms with E-state index >= 15 is 0 Å². The van der Waals surface area contributed by atoms with Crippen molar-refractivity contribution in [1.82, 2.24) is 0 Å². The van der Waals surface area contributed by atoms with Gasteiger partial charge in [-0.3, -0.25) is 4.79 Å². The fraction of sp³-hybridized carbons (Fsp3) is 0.231. The minimum absolute atomic E-state index is 0.132. The van der Waals surface area contributed by atoms with E-state index in [1.54, 1.807) is 30.3 Å². The van der Waals surface area contributed by atoms with Gasteiger partial charge in [-0.05, 0) is 71.3 Å². The van der Waals surface area contributed by atoms with E-state index in [0.29, 0.717) is 11.4 Å². The zero-order valence-corrected chi connectivity index (χ0v) is 19.3. The average molecular weight is 450 g/mol. The Morgan fingerprint density at radius 3 is 2.25 bits per heavy atom. The van der Waals surface area contributed by atoms with E-state index < -0.39 is 11.9 Å². The standard InChI is InChI=1S/C26H27NO4S/c1-4-26(2,3)19-7-11-21(12-8-19)31-22-13-9-20(10-14-22)27-24(28)18-30-25(29)16-15-23-6-5-17-32-23/h5-17H,4,18H2,1-3H3,(H,27,28). The van der Waals surface area contributed by atoms with Crippen molar-refractivity contribution >= 4 is 35.0 Å². The van der Waals surface area contributed by atoms with Crippen LogP contribution >= 0.6 is 11.3 Å². The van der Waals surface area contributed by atoms with Gasteiger partial charge in [0.15, 0.2) is 6.61 Å². The highest BCUT2D eigenvalue weighted by molar-refractivity contribution is 7.10. The summed E-state index contributed by atoms with van der Waals surface area (Å²) in [6, 6.07) is 18.9. The highest BCUT2D eigenvalue weighted by atomic mass is 32.1. The lowest BCUT2D eigenvalue weighted by Gasteiger charge is -2.23. The van der Waals surface area contributed by atoms with Crippen LogP contribution in [-0.4, -0.2) is 18.5 Å². The summed E-state index contributed by atoms with van der Waals surface area (Å²) < 4.78 is 10.8. The van der Waals surface area contributed by atoms with Crippen LogP contribution in [0.4, 0.5) is 5.69 Å². The van der Waals surface area contributed by atoms with Crippen LogP contribution in [0.2, 0.25) is 0 Å². The number of anilines is 1. The molecule has 3 aromatic rings. The van der Waals surface area contributed by atoms with E-state index in [9.17, 15) is 9.59 Å². The van der Waals surface area contributed by atoms with Crippen LogP contribution in [0.1, 0.15) is 37.6 Å². The average Bonchev–Trinajstić information content (AvgIpc) is 3.32. The molecule has 1 N–H and O–H groups in total. The summed E-state index contributed by atoms with van der Waals surface area (Å²) in [6.07, 6.45) is 4.02. The Balaban J connectivity index is 1.47. The zero-order chi connectivity index (χ0) is 23.0. The molecule has 0 aliphatic rings. The molecule has 0 aliphatic heterocycles. The van der Waals surface area contributed by atoms with Crippen molar-refractivity contribution < 1.29 is 19.1 Å². The van der Waals surface area contributed by atoms with Crippen LogP contribution in [-0.2, 0) is 19.7 Å². The van der Waals surface area contributed by atoms with Crippen molar-refractivity contribution in [3.63, 3.8) is 0 Å². The third-order valence-corrected chi connectivity index (χ3v) is 6.00. The van der Waals surface area contributed by atoms with Gasteiger partial charge >= 0.3 is 5.97 Å². The summed E-state index contributed by atoms with van der Waals surface area (Å²) in [7, 11) is 0. The van der Waals surface area contributed by atoms with Gasteiger partial charge in [0.25, 0.3) is 5.91 Å². The van der Waals surface area contributed by atoms with Gasteiger partial charge in [0.2, 0.25) is 0 Å². The van der Waals surface area contributed by atoms with E-state index in [0.717, 1.165) is 17.0 Å². The van der Waals surface area contributed by atoms with E-state index in [1.165, 1.54) is 23.0 Å². The molecule has 0 saturated heterocycles. The van der Waals surface area contributed by atoms with Crippen LogP contribution in [0, 0.1) is 0 Å². The molecule has 0 saturated carbocycles. The highest BCUT2D eigenvalue weighted by Crippen LogP contribution is 2.29. The normalized spacial score (nSPS) is 11.3. The first-order chi connectivity index (χ1) is 15.4. The number of benzene rings is 2. The molecule has 166 valence electrons. The molecule has 3 rings (SSSR count). The first-order valence-corrected chi connectivity index (χ1v) is 11.3. The lowest BCUT2D eigenvalue weighted by atomic mass is 9.82. The summed E-state index contributed by atoms with van der Waals surface area (Å²) in [5.41, 5.74) is 1.99. The summed E-state index contributed by atoms with van der Waals surface area (Å²) >= 11 is 1.51. The monoisotopic (exact) mass is 449 g/mol. The molecular formula is C26H27NO4S. The van der Waals surface area contributed by atoms with Gasteiger partial charge < -0.3 is 14.8 Å². The van der Waals surface area contributed by atoms with Gasteiger partial charge in [0, 0.05) is 16.6 Å². The molecule has 0 unspecified atom stereocenters. The third-order valence-electron chi connectivity index (χ3n) is 5.17. The maximum absolute atomic E-state index is 12.0. The van der Waals surface area contributed by atoms with Crippen molar-refractivity contribution in [3.8, 4) is 11.5 Å². The van der Waals surface area contributed by atoms with Crippen molar-refractivity contribution in [2.24, 2.45) is 0 Å².